The Morgan fingerprint density at radius 2 is 2.19 bits per heavy atom. The molecule has 1 aliphatic heterocycles. The van der Waals surface area contributed by atoms with Gasteiger partial charge in [-0.25, -0.2) is 4.98 Å². The van der Waals surface area contributed by atoms with Crippen LogP contribution in [0.15, 0.2) is 5.38 Å². The molecule has 0 amide bonds. The molecule has 88 valence electrons. The third-order valence-corrected chi connectivity index (χ3v) is 5.31. The highest BCUT2D eigenvalue weighted by atomic mass is 32.1. The molecule has 2 heterocycles. The van der Waals surface area contributed by atoms with Crippen LogP contribution < -0.4 is 5.32 Å². The van der Waals surface area contributed by atoms with Gasteiger partial charge in [0.2, 0.25) is 0 Å². The summed E-state index contributed by atoms with van der Waals surface area (Å²) in [5, 5.41) is 7.02. The van der Waals surface area contributed by atoms with Crippen LogP contribution in [0.25, 0.3) is 0 Å². The molecule has 1 aliphatic carbocycles. The minimum absolute atomic E-state index is 0.556. The number of hydrogen-bond acceptors (Lipinski definition) is 3. The van der Waals surface area contributed by atoms with E-state index in [0.29, 0.717) is 5.41 Å². The largest absolute Gasteiger partial charge is 0.315 e. The highest BCUT2D eigenvalue weighted by Gasteiger charge is 2.45. The van der Waals surface area contributed by atoms with E-state index in [4.69, 9.17) is 0 Å². The van der Waals surface area contributed by atoms with E-state index in [0.717, 1.165) is 5.92 Å². The van der Waals surface area contributed by atoms with Crippen LogP contribution in [0, 0.1) is 18.3 Å². The van der Waals surface area contributed by atoms with Gasteiger partial charge in [0.25, 0.3) is 0 Å². The second-order valence-electron chi connectivity index (χ2n) is 5.51. The highest BCUT2D eigenvalue weighted by molar-refractivity contribution is 7.09. The number of thiazole rings is 1. The second-order valence-corrected chi connectivity index (χ2v) is 6.45. The van der Waals surface area contributed by atoms with Crippen molar-refractivity contribution in [1.82, 2.24) is 10.3 Å². The molecule has 1 saturated heterocycles. The lowest BCUT2D eigenvalue weighted by atomic mass is 9.67. The van der Waals surface area contributed by atoms with Crippen LogP contribution in [-0.4, -0.2) is 18.1 Å². The van der Waals surface area contributed by atoms with Crippen molar-refractivity contribution in [3.05, 3.63) is 16.1 Å². The maximum atomic E-state index is 4.64. The van der Waals surface area contributed by atoms with Gasteiger partial charge in [-0.2, -0.15) is 0 Å². The molecule has 1 saturated carbocycles. The molecule has 3 rings (SSSR count). The molecular formula is C13H20N2S. The lowest BCUT2D eigenvalue weighted by molar-refractivity contribution is 0.0811. The van der Waals surface area contributed by atoms with Gasteiger partial charge in [-0.15, -0.1) is 11.3 Å². The zero-order valence-corrected chi connectivity index (χ0v) is 10.8. The fourth-order valence-electron chi connectivity index (χ4n) is 3.33. The molecule has 0 radical (unpaired) electrons. The molecule has 16 heavy (non-hydrogen) atoms. The lowest BCUT2D eigenvalue weighted by Crippen LogP contribution is -2.58. The van der Waals surface area contributed by atoms with Crippen LogP contribution >= 0.6 is 11.3 Å². The molecule has 0 spiro atoms. The average molecular weight is 236 g/mol. The molecule has 1 N–H and O–H groups in total. The molecule has 0 aromatic carbocycles. The third kappa shape index (κ3) is 1.80. The number of hydrogen-bond donors (Lipinski definition) is 1. The summed E-state index contributed by atoms with van der Waals surface area (Å²) < 4.78 is 0. The minimum atomic E-state index is 0.556. The first-order chi connectivity index (χ1) is 7.78. The minimum Gasteiger partial charge on any atom is -0.315 e. The van der Waals surface area contributed by atoms with Crippen molar-refractivity contribution in [2.75, 3.05) is 13.1 Å². The maximum Gasteiger partial charge on any atom is 0.0934 e. The lowest BCUT2D eigenvalue weighted by Gasteiger charge is -2.47. The zero-order chi connectivity index (χ0) is 11.0. The second kappa shape index (κ2) is 4.11. The molecule has 0 unspecified atom stereocenters. The normalized spacial score (nSPS) is 24.6. The monoisotopic (exact) mass is 236 g/mol. The summed E-state index contributed by atoms with van der Waals surface area (Å²) in [6, 6.07) is 0. The summed E-state index contributed by atoms with van der Waals surface area (Å²) >= 11 is 1.85. The summed E-state index contributed by atoms with van der Waals surface area (Å²) in [7, 11) is 0. The molecule has 1 aromatic rings. The van der Waals surface area contributed by atoms with E-state index in [1.54, 1.807) is 0 Å². The molecular weight excluding hydrogens is 216 g/mol. The van der Waals surface area contributed by atoms with Crippen LogP contribution in [0.5, 0.6) is 0 Å². The molecule has 2 aliphatic rings. The van der Waals surface area contributed by atoms with Crippen LogP contribution in [0.2, 0.25) is 0 Å². The Kier molecular flexibility index (Phi) is 2.76. The predicted octanol–water partition coefficient (Wildman–Crippen LogP) is 2.77. The van der Waals surface area contributed by atoms with Crippen molar-refractivity contribution in [2.45, 2.75) is 39.0 Å². The van der Waals surface area contributed by atoms with Gasteiger partial charge in [0.15, 0.2) is 0 Å². The van der Waals surface area contributed by atoms with E-state index in [1.165, 1.54) is 55.9 Å². The SMILES string of the molecule is Cc1csc(CC2(C3CCCC3)CNC2)n1. The molecule has 0 bridgehead atoms. The van der Waals surface area contributed by atoms with E-state index < -0.39 is 0 Å². The van der Waals surface area contributed by atoms with Gasteiger partial charge in [-0.05, 0) is 25.7 Å². The average Bonchev–Trinajstić information content (AvgIpc) is 2.82. The van der Waals surface area contributed by atoms with Gasteiger partial charge < -0.3 is 5.32 Å². The van der Waals surface area contributed by atoms with Crippen molar-refractivity contribution >= 4 is 11.3 Å². The summed E-state index contributed by atoms with van der Waals surface area (Å²) in [6.07, 6.45) is 7.01. The topological polar surface area (TPSA) is 24.9 Å². The first-order valence-electron chi connectivity index (χ1n) is 6.40. The fraction of sp³-hybridized carbons (Fsp3) is 0.769. The van der Waals surface area contributed by atoms with Gasteiger partial charge in [-0.3, -0.25) is 0 Å². The fourth-order valence-corrected chi connectivity index (χ4v) is 4.25. The molecule has 2 nitrogen and oxygen atoms in total. The summed E-state index contributed by atoms with van der Waals surface area (Å²) in [5.74, 6) is 0.956. The Morgan fingerprint density at radius 1 is 1.44 bits per heavy atom. The Labute approximate surface area is 101 Å². The predicted molar refractivity (Wildman–Crippen MR) is 67.8 cm³/mol. The number of rotatable bonds is 3. The summed E-state index contributed by atoms with van der Waals surface area (Å²) in [5.41, 5.74) is 1.75. The number of nitrogens with one attached hydrogen (secondary N) is 1. The van der Waals surface area contributed by atoms with Crippen molar-refractivity contribution in [1.29, 1.82) is 0 Å². The molecule has 0 atom stereocenters. The third-order valence-electron chi connectivity index (χ3n) is 4.35. The first-order valence-corrected chi connectivity index (χ1v) is 7.28. The van der Waals surface area contributed by atoms with Crippen LogP contribution in [0.1, 0.15) is 36.4 Å². The Bertz CT molecular complexity index is 362. The number of nitrogens with zero attached hydrogens (tertiary/aromatic N) is 1. The van der Waals surface area contributed by atoms with E-state index in [1.807, 2.05) is 11.3 Å². The van der Waals surface area contributed by atoms with Gasteiger partial charge in [0.1, 0.15) is 0 Å². The van der Waals surface area contributed by atoms with Crippen molar-refractivity contribution in [3.63, 3.8) is 0 Å². The van der Waals surface area contributed by atoms with Gasteiger partial charge >= 0.3 is 0 Å². The van der Waals surface area contributed by atoms with E-state index in [-0.39, 0.29) is 0 Å². The smallest absolute Gasteiger partial charge is 0.0934 e. The Hall–Kier alpha value is -0.410. The highest BCUT2D eigenvalue weighted by Crippen LogP contribution is 2.45. The van der Waals surface area contributed by atoms with E-state index in [2.05, 4.69) is 22.6 Å². The molecule has 2 fully saturated rings. The summed E-state index contributed by atoms with van der Waals surface area (Å²) in [6.45, 7) is 4.54. The maximum absolute atomic E-state index is 4.64. The van der Waals surface area contributed by atoms with E-state index >= 15 is 0 Å². The van der Waals surface area contributed by atoms with Gasteiger partial charge in [0, 0.05) is 36.0 Å². The van der Waals surface area contributed by atoms with Crippen molar-refractivity contribution in [2.24, 2.45) is 11.3 Å². The number of aryl methyl sites for hydroxylation is 1. The van der Waals surface area contributed by atoms with E-state index in [9.17, 15) is 0 Å². The molecule has 3 heteroatoms. The first kappa shape index (κ1) is 10.7. The zero-order valence-electron chi connectivity index (χ0n) is 9.96. The Morgan fingerprint density at radius 3 is 2.69 bits per heavy atom. The Balaban J connectivity index is 1.74. The van der Waals surface area contributed by atoms with Gasteiger partial charge in [0.05, 0.1) is 5.01 Å². The van der Waals surface area contributed by atoms with Crippen molar-refractivity contribution in [3.8, 4) is 0 Å². The van der Waals surface area contributed by atoms with Crippen molar-refractivity contribution < 1.29 is 0 Å². The van der Waals surface area contributed by atoms with Gasteiger partial charge in [-0.1, -0.05) is 12.8 Å². The van der Waals surface area contributed by atoms with Crippen LogP contribution in [-0.2, 0) is 6.42 Å². The standard InChI is InChI=1S/C13H20N2S/c1-10-7-16-12(15-10)6-13(8-14-9-13)11-4-2-3-5-11/h7,11,14H,2-6,8-9H2,1H3. The number of aromatic nitrogens is 1. The summed E-state index contributed by atoms with van der Waals surface area (Å²) in [4.78, 5) is 4.64. The molecule has 1 aromatic heterocycles. The van der Waals surface area contributed by atoms with Crippen LogP contribution in [0.3, 0.4) is 0 Å². The van der Waals surface area contributed by atoms with Crippen LogP contribution in [0.4, 0.5) is 0 Å². The quantitative estimate of drug-likeness (QED) is 0.873.